The molecule has 8 nitrogen and oxygen atoms in total. The van der Waals surface area contributed by atoms with Gasteiger partial charge in [-0.2, -0.15) is 5.10 Å². The summed E-state index contributed by atoms with van der Waals surface area (Å²) in [6.45, 7) is 0. The van der Waals surface area contributed by atoms with Crippen LogP contribution in [-0.4, -0.2) is 27.1 Å². The minimum absolute atomic E-state index is 0.000482. The Balaban J connectivity index is 2.17. The molecule has 1 aromatic heterocycles. The van der Waals surface area contributed by atoms with Gasteiger partial charge in [0.1, 0.15) is 5.69 Å². The van der Waals surface area contributed by atoms with Crippen molar-refractivity contribution in [2.24, 2.45) is 5.10 Å². The number of halogens is 1. The largest absolute Gasteiger partial charge is 0.502 e. The fourth-order valence-corrected chi connectivity index (χ4v) is 1.78. The molecule has 1 amide bonds. The number of pyridine rings is 1. The molecule has 9 heteroatoms. The lowest BCUT2D eigenvalue weighted by Gasteiger charge is -2.02. The van der Waals surface area contributed by atoms with E-state index in [2.05, 4.69) is 15.5 Å². The Hall–Kier alpha value is -3.00. The number of benzene rings is 1. The fourth-order valence-electron chi connectivity index (χ4n) is 1.56. The van der Waals surface area contributed by atoms with Crippen LogP contribution in [0.4, 0.5) is 5.69 Å². The lowest BCUT2D eigenvalue weighted by Crippen LogP contribution is -2.18. The summed E-state index contributed by atoms with van der Waals surface area (Å²) in [5, 5.41) is 24.2. The van der Waals surface area contributed by atoms with E-state index in [9.17, 15) is 20.0 Å². The Morgan fingerprint density at radius 3 is 2.86 bits per heavy atom. The van der Waals surface area contributed by atoms with Gasteiger partial charge in [0.25, 0.3) is 5.91 Å². The fraction of sp³-hybridized carbons (Fsp3) is 0. The number of carbonyl (C=O) groups excluding carboxylic acids is 1. The highest BCUT2D eigenvalue weighted by Gasteiger charge is 2.17. The molecule has 1 heterocycles. The number of hydrazone groups is 1. The van der Waals surface area contributed by atoms with Gasteiger partial charge in [-0.25, -0.2) is 5.43 Å². The highest BCUT2D eigenvalue weighted by Crippen LogP contribution is 2.32. The number of hydrogen-bond acceptors (Lipinski definition) is 6. The summed E-state index contributed by atoms with van der Waals surface area (Å²) < 4.78 is 0. The Morgan fingerprint density at radius 1 is 1.45 bits per heavy atom. The van der Waals surface area contributed by atoms with Gasteiger partial charge in [-0.3, -0.25) is 19.9 Å². The summed E-state index contributed by atoms with van der Waals surface area (Å²) >= 11 is 5.73. The van der Waals surface area contributed by atoms with Gasteiger partial charge in [0, 0.05) is 22.8 Å². The highest BCUT2D eigenvalue weighted by molar-refractivity contribution is 6.31. The number of carbonyl (C=O) groups is 1. The van der Waals surface area contributed by atoms with E-state index < -0.39 is 22.3 Å². The van der Waals surface area contributed by atoms with E-state index >= 15 is 0 Å². The lowest BCUT2D eigenvalue weighted by molar-refractivity contribution is -0.385. The summed E-state index contributed by atoms with van der Waals surface area (Å²) in [7, 11) is 0. The van der Waals surface area contributed by atoms with Crippen LogP contribution in [0.3, 0.4) is 0 Å². The number of nitro benzene ring substituents is 1. The molecule has 0 fully saturated rings. The molecule has 0 saturated carbocycles. The van der Waals surface area contributed by atoms with Crippen molar-refractivity contribution in [1.82, 2.24) is 10.4 Å². The predicted octanol–water partition coefficient (Wildman–Crippen LogP) is 2.11. The van der Waals surface area contributed by atoms with E-state index in [4.69, 9.17) is 11.6 Å². The van der Waals surface area contributed by atoms with Gasteiger partial charge >= 0.3 is 5.69 Å². The molecule has 2 aromatic rings. The Morgan fingerprint density at radius 2 is 2.23 bits per heavy atom. The molecular weight excluding hydrogens is 312 g/mol. The van der Waals surface area contributed by atoms with Crippen molar-refractivity contribution >= 4 is 29.4 Å². The first kappa shape index (κ1) is 15.4. The summed E-state index contributed by atoms with van der Waals surface area (Å²) in [6, 6.07) is 7.08. The molecule has 0 aliphatic rings. The van der Waals surface area contributed by atoms with Crippen LogP contribution in [0, 0.1) is 10.1 Å². The molecule has 0 saturated heterocycles. The van der Waals surface area contributed by atoms with Crippen LogP contribution in [0.1, 0.15) is 16.1 Å². The second kappa shape index (κ2) is 6.64. The number of hydrogen-bond donors (Lipinski definition) is 2. The number of phenols is 1. The van der Waals surface area contributed by atoms with Crippen molar-refractivity contribution in [3.05, 3.63) is 62.9 Å². The number of aromatic hydroxyl groups is 1. The molecule has 2 rings (SSSR count). The van der Waals surface area contributed by atoms with Crippen molar-refractivity contribution in [3.63, 3.8) is 0 Å². The van der Waals surface area contributed by atoms with Gasteiger partial charge in [0.15, 0.2) is 0 Å². The molecule has 0 atom stereocenters. The SMILES string of the molecule is O=C(NN=Cc1cc(Cl)cc([N+](=O)[O-])c1O)c1ccccn1. The van der Waals surface area contributed by atoms with Gasteiger partial charge in [0.2, 0.25) is 5.75 Å². The third-order valence-electron chi connectivity index (χ3n) is 2.55. The number of amides is 1. The first-order valence-corrected chi connectivity index (χ1v) is 6.28. The topological polar surface area (TPSA) is 118 Å². The monoisotopic (exact) mass is 320 g/mol. The Labute approximate surface area is 129 Å². The highest BCUT2D eigenvalue weighted by atomic mass is 35.5. The number of phenolic OH excluding ortho intramolecular Hbond substituents is 1. The molecule has 22 heavy (non-hydrogen) atoms. The quantitative estimate of drug-likeness (QED) is 0.508. The van der Waals surface area contributed by atoms with E-state index in [0.29, 0.717) is 0 Å². The van der Waals surface area contributed by atoms with Gasteiger partial charge in [-0.15, -0.1) is 0 Å². The van der Waals surface area contributed by atoms with Crippen molar-refractivity contribution in [1.29, 1.82) is 0 Å². The van der Waals surface area contributed by atoms with Gasteiger partial charge in [0.05, 0.1) is 11.1 Å². The van der Waals surface area contributed by atoms with Crippen molar-refractivity contribution in [2.75, 3.05) is 0 Å². The maximum Gasteiger partial charge on any atom is 0.312 e. The van der Waals surface area contributed by atoms with Gasteiger partial charge in [-0.1, -0.05) is 17.7 Å². The number of nitrogens with one attached hydrogen (secondary N) is 1. The summed E-state index contributed by atoms with van der Waals surface area (Å²) in [6.07, 6.45) is 2.50. The molecule has 0 radical (unpaired) electrons. The van der Waals surface area contributed by atoms with Gasteiger partial charge < -0.3 is 5.11 Å². The summed E-state index contributed by atoms with van der Waals surface area (Å²) in [4.78, 5) is 25.5. The average Bonchev–Trinajstić information content (AvgIpc) is 2.50. The third kappa shape index (κ3) is 3.55. The van der Waals surface area contributed by atoms with E-state index in [1.165, 1.54) is 18.3 Å². The Bertz CT molecular complexity index is 749. The molecule has 0 aliphatic heterocycles. The van der Waals surface area contributed by atoms with Crippen molar-refractivity contribution < 1.29 is 14.8 Å². The van der Waals surface area contributed by atoms with E-state index in [0.717, 1.165) is 12.3 Å². The molecule has 0 spiro atoms. The van der Waals surface area contributed by atoms with Crippen LogP contribution in [0.5, 0.6) is 5.75 Å². The zero-order chi connectivity index (χ0) is 16.1. The van der Waals surface area contributed by atoms with Crippen LogP contribution in [-0.2, 0) is 0 Å². The maximum atomic E-state index is 11.7. The molecule has 0 unspecified atom stereocenters. The van der Waals surface area contributed by atoms with Crippen LogP contribution in [0.2, 0.25) is 5.02 Å². The predicted molar refractivity (Wildman–Crippen MR) is 79.1 cm³/mol. The van der Waals surface area contributed by atoms with Crippen LogP contribution in [0.15, 0.2) is 41.6 Å². The molecular formula is C13H9ClN4O4. The molecule has 2 N–H and O–H groups in total. The zero-order valence-corrected chi connectivity index (χ0v) is 11.7. The number of nitro groups is 1. The van der Waals surface area contributed by atoms with Crippen molar-refractivity contribution in [3.8, 4) is 5.75 Å². The number of rotatable bonds is 4. The zero-order valence-electron chi connectivity index (χ0n) is 10.9. The minimum Gasteiger partial charge on any atom is -0.502 e. The molecule has 112 valence electrons. The smallest absolute Gasteiger partial charge is 0.312 e. The normalized spacial score (nSPS) is 10.6. The molecule has 0 bridgehead atoms. The summed E-state index contributed by atoms with van der Waals surface area (Å²) in [5.41, 5.74) is 1.79. The number of nitrogens with zero attached hydrogens (tertiary/aromatic N) is 3. The third-order valence-corrected chi connectivity index (χ3v) is 2.77. The first-order chi connectivity index (χ1) is 10.5. The van der Waals surface area contributed by atoms with E-state index in [-0.39, 0.29) is 16.3 Å². The van der Waals surface area contributed by atoms with E-state index in [1.54, 1.807) is 12.1 Å². The lowest BCUT2D eigenvalue weighted by atomic mass is 10.2. The second-order valence-corrected chi connectivity index (χ2v) is 4.47. The second-order valence-electron chi connectivity index (χ2n) is 4.03. The molecule has 0 aliphatic carbocycles. The number of aromatic nitrogens is 1. The van der Waals surface area contributed by atoms with E-state index in [1.807, 2.05) is 0 Å². The maximum absolute atomic E-state index is 11.7. The van der Waals surface area contributed by atoms with Crippen LogP contribution in [0.25, 0.3) is 0 Å². The first-order valence-electron chi connectivity index (χ1n) is 5.90. The standard InChI is InChI=1S/C13H9ClN4O4/c14-9-5-8(12(19)11(6-9)18(21)22)7-16-17-13(20)10-3-1-2-4-15-10/h1-7,19H,(H,17,20). The molecule has 1 aromatic carbocycles. The van der Waals surface area contributed by atoms with Crippen molar-refractivity contribution in [2.45, 2.75) is 0 Å². The van der Waals surface area contributed by atoms with Crippen LogP contribution < -0.4 is 5.43 Å². The van der Waals surface area contributed by atoms with Crippen LogP contribution >= 0.6 is 11.6 Å². The Kier molecular flexibility index (Phi) is 4.64. The summed E-state index contributed by atoms with van der Waals surface area (Å²) in [5.74, 6) is -1.15. The van der Waals surface area contributed by atoms with Gasteiger partial charge in [-0.05, 0) is 18.2 Å². The average molecular weight is 321 g/mol. The minimum atomic E-state index is -0.773.